The zero-order valence-electron chi connectivity index (χ0n) is 14.0. The predicted octanol–water partition coefficient (Wildman–Crippen LogP) is 3.78. The highest BCUT2D eigenvalue weighted by molar-refractivity contribution is 8.00. The van der Waals surface area contributed by atoms with E-state index in [2.05, 4.69) is 20.9 Å². The maximum Gasteiger partial charge on any atom is 0.230 e. The predicted molar refractivity (Wildman–Crippen MR) is 99.2 cm³/mol. The molecule has 1 amide bonds. The molecule has 130 valence electrons. The molecule has 0 saturated carbocycles. The molecule has 0 spiro atoms. The zero-order chi connectivity index (χ0) is 17.6. The van der Waals surface area contributed by atoms with E-state index in [4.69, 9.17) is 0 Å². The number of fused-ring (bicyclic) bond motifs is 1. The van der Waals surface area contributed by atoms with Gasteiger partial charge in [0.1, 0.15) is 11.6 Å². The maximum absolute atomic E-state index is 12.8. The van der Waals surface area contributed by atoms with Crippen LogP contribution >= 0.6 is 11.8 Å². The van der Waals surface area contributed by atoms with Crippen LogP contribution in [-0.2, 0) is 11.3 Å². The molecule has 1 N–H and O–H groups in total. The van der Waals surface area contributed by atoms with Crippen molar-refractivity contribution in [3.05, 3.63) is 60.2 Å². The number of nitrogens with one attached hydrogen (secondary N) is 1. The molecule has 0 fully saturated rings. The summed E-state index contributed by atoms with van der Waals surface area (Å²) in [6.45, 7) is 3.43. The highest BCUT2D eigenvalue weighted by Gasteiger charge is 2.07. The van der Waals surface area contributed by atoms with Gasteiger partial charge in [-0.15, -0.1) is 11.8 Å². The summed E-state index contributed by atoms with van der Waals surface area (Å²) in [5.41, 5.74) is 2.12. The molecule has 2 aromatic carbocycles. The fourth-order valence-corrected chi connectivity index (χ4v) is 3.40. The van der Waals surface area contributed by atoms with E-state index in [9.17, 15) is 9.18 Å². The van der Waals surface area contributed by atoms with Crippen LogP contribution < -0.4 is 5.32 Å². The Bertz CT molecular complexity index is 861. The van der Waals surface area contributed by atoms with Crippen molar-refractivity contribution in [2.75, 3.05) is 12.3 Å². The van der Waals surface area contributed by atoms with Crippen LogP contribution in [0.3, 0.4) is 0 Å². The van der Waals surface area contributed by atoms with Gasteiger partial charge in [-0.05, 0) is 49.7 Å². The summed E-state index contributed by atoms with van der Waals surface area (Å²) < 4.78 is 15.0. The summed E-state index contributed by atoms with van der Waals surface area (Å²) in [7, 11) is 0. The minimum atomic E-state index is -0.267. The first-order valence-corrected chi connectivity index (χ1v) is 9.19. The summed E-state index contributed by atoms with van der Waals surface area (Å²) in [5, 5.41) is 2.93. The van der Waals surface area contributed by atoms with Gasteiger partial charge in [0.25, 0.3) is 0 Å². The lowest BCUT2D eigenvalue weighted by molar-refractivity contribution is -0.118. The summed E-state index contributed by atoms with van der Waals surface area (Å²) in [6, 6.07) is 14.2. The molecular weight excluding hydrogens is 337 g/mol. The number of carbonyl (C=O) groups excluding carboxylic acids is 1. The Hall–Kier alpha value is -2.34. The molecule has 4 nitrogen and oxygen atoms in total. The number of aromatic nitrogens is 2. The van der Waals surface area contributed by atoms with Crippen molar-refractivity contribution in [1.29, 1.82) is 0 Å². The Morgan fingerprint density at radius 2 is 1.96 bits per heavy atom. The second-order valence-corrected chi connectivity index (χ2v) is 6.79. The van der Waals surface area contributed by atoms with E-state index in [0.717, 1.165) is 34.7 Å². The molecule has 0 atom stereocenters. The van der Waals surface area contributed by atoms with Crippen LogP contribution in [0.5, 0.6) is 0 Å². The number of halogens is 1. The van der Waals surface area contributed by atoms with Crippen molar-refractivity contribution in [2.24, 2.45) is 0 Å². The summed E-state index contributed by atoms with van der Waals surface area (Å²) in [5.74, 6) is 1.04. The molecule has 6 heteroatoms. The Morgan fingerprint density at radius 1 is 1.20 bits per heavy atom. The van der Waals surface area contributed by atoms with Crippen LogP contribution in [-0.4, -0.2) is 27.8 Å². The van der Waals surface area contributed by atoms with Crippen LogP contribution in [0.1, 0.15) is 12.2 Å². The van der Waals surface area contributed by atoms with E-state index in [-0.39, 0.29) is 11.7 Å². The smallest absolute Gasteiger partial charge is 0.230 e. The van der Waals surface area contributed by atoms with E-state index in [1.807, 2.05) is 25.1 Å². The number of amides is 1. The summed E-state index contributed by atoms with van der Waals surface area (Å²) >= 11 is 1.40. The van der Waals surface area contributed by atoms with Crippen molar-refractivity contribution in [2.45, 2.75) is 24.8 Å². The molecule has 0 unspecified atom stereocenters. The fourth-order valence-electron chi connectivity index (χ4n) is 2.67. The van der Waals surface area contributed by atoms with Gasteiger partial charge in [-0.1, -0.05) is 12.1 Å². The molecular formula is C19H20FN3OS. The maximum atomic E-state index is 12.8. The van der Waals surface area contributed by atoms with E-state index >= 15 is 0 Å². The second-order valence-electron chi connectivity index (χ2n) is 5.75. The lowest BCUT2D eigenvalue weighted by atomic mass is 10.3. The van der Waals surface area contributed by atoms with Gasteiger partial charge in [0.05, 0.1) is 16.8 Å². The number of rotatable bonds is 7. The Morgan fingerprint density at radius 3 is 2.76 bits per heavy atom. The van der Waals surface area contributed by atoms with Crippen molar-refractivity contribution in [1.82, 2.24) is 14.9 Å². The van der Waals surface area contributed by atoms with Crippen LogP contribution in [0.4, 0.5) is 4.39 Å². The number of benzene rings is 2. The molecule has 1 heterocycles. The average molecular weight is 357 g/mol. The first-order chi connectivity index (χ1) is 12.1. The minimum absolute atomic E-state index is 0.0125. The molecule has 0 aliphatic heterocycles. The first-order valence-electron chi connectivity index (χ1n) is 8.20. The normalized spacial score (nSPS) is 11.0. The summed E-state index contributed by atoms with van der Waals surface area (Å²) in [4.78, 5) is 17.3. The second kappa shape index (κ2) is 8.16. The number of thioether (sulfide) groups is 1. The van der Waals surface area contributed by atoms with Crippen molar-refractivity contribution >= 4 is 28.7 Å². The highest BCUT2D eigenvalue weighted by atomic mass is 32.2. The molecule has 3 rings (SSSR count). The molecule has 1 aromatic heterocycles. The van der Waals surface area contributed by atoms with Crippen LogP contribution in [0, 0.1) is 12.7 Å². The molecule has 0 aliphatic rings. The number of imidazole rings is 1. The van der Waals surface area contributed by atoms with Gasteiger partial charge in [0.15, 0.2) is 0 Å². The van der Waals surface area contributed by atoms with Gasteiger partial charge in [0, 0.05) is 18.0 Å². The van der Waals surface area contributed by atoms with Crippen molar-refractivity contribution in [3.63, 3.8) is 0 Å². The largest absolute Gasteiger partial charge is 0.355 e. The SMILES string of the molecule is Cc1nc2ccccc2n1CCCNC(=O)CSc1ccc(F)cc1. The van der Waals surface area contributed by atoms with Crippen molar-refractivity contribution < 1.29 is 9.18 Å². The van der Waals surface area contributed by atoms with Gasteiger partial charge in [0.2, 0.25) is 5.91 Å². The molecule has 0 radical (unpaired) electrons. The number of carbonyl (C=O) groups is 1. The Kier molecular flexibility index (Phi) is 5.71. The van der Waals surface area contributed by atoms with E-state index in [0.29, 0.717) is 12.3 Å². The van der Waals surface area contributed by atoms with E-state index in [1.165, 1.54) is 23.9 Å². The minimum Gasteiger partial charge on any atom is -0.355 e. The van der Waals surface area contributed by atoms with Gasteiger partial charge < -0.3 is 9.88 Å². The lowest BCUT2D eigenvalue weighted by Gasteiger charge is -2.08. The molecule has 0 saturated heterocycles. The first kappa shape index (κ1) is 17.5. The Labute approximate surface area is 150 Å². The standard InChI is InChI=1S/C19H20FN3OS/c1-14-22-17-5-2-3-6-18(17)23(14)12-4-11-21-19(24)13-25-16-9-7-15(20)8-10-16/h2-3,5-10H,4,11-13H2,1H3,(H,21,24). The van der Waals surface area contributed by atoms with E-state index < -0.39 is 0 Å². The molecule has 0 bridgehead atoms. The topological polar surface area (TPSA) is 46.9 Å². The average Bonchev–Trinajstić information content (AvgIpc) is 2.93. The third-order valence-electron chi connectivity index (χ3n) is 3.91. The number of aryl methyl sites for hydroxylation is 2. The third-order valence-corrected chi connectivity index (χ3v) is 4.92. The zero-order valence-corrected chi connectivity index (χ0v) is 14.9. The number of hydrogen-bond acceptors (Lipinski definition) is 3. The number of hydrogen-bond donors (Lipinski definition) is 1. The van der Waals surface area contributed by atoms with Gasteiger partial charge in [-0.3, -0.25) is 4.79 Å². The highest BCUT2D eigenvalue weighted by Crippen LogP contribution is 2.18. The van der Waals surface area contributed by atoms with Gasteiger partial charge >= 0.3 is 0 Å². The quantitative estimate of drug-likeness (QED) is 0.517. The van der Waals surface area contributed by atoms with Crippen molar-refractivity contribution in [3.8, 4) is 0 Å². The number of para-hydroxylation sites is 2. The lowest BCUT2D eigenvalue weighted by Crippen LogP contribution is -2.26. The monoisotopic (exact) mass is 357 g/mol. The molecule has 3 aromatic rings. The molecule has 0 aliphatic carbocycles. The van der Waals surface area contributed by atoms with Crippen LogP contribution in [0.25, 0.3) is 11.0 Å². The number of nitrogens with zero attached hydrogens (tertiary/aromatic N) is 2. The Balaban J connectivity index is 1.42. The van der Waals surface area contributed by atoms with Crippen LogP contribution in [0.2, 0.25) is 0 Å². The van der Waals surface area contributed by atoms with E-state index in [1.54, 1.807) is 12.1 Å². The van der Waals surface area contributed by atoms with Gasteiger partial charge in [-0.2, -0.15) is 0 Å². The van der Waals surface area contributed by atoms with Crippen LogP contribution in [0.15, 0.2) is 53.4 Å². The third kappa shape index (κ3) is 4.60. The summed E-state index contributed by atoms with van der Waals surface area (Å²) in [6.07, 6.45) is 0.841. The fraction of sp³-hybridized carbons (Fsp3) is 0.263. The molecule has 25 heavy (non-hydrogen) atoms. The van der Waals surface area contributed by atoms with Gasteiger partial charge in [-0.25, -0.2) is 9.37 Å².